The maximum Gasteiger partial charge on any atom is 0.261 e. The second kappa shape index (κ2) is 5.66. The van der Waals surface area contributed by atoms with E-state index in [1.54, 1.807) is 19.2 Å². The molecule has 1 N–H and O–H groups in total. The summed E-state index contributed by atoms with van der Waals surface area (Å²) in [7, 11) is 1.64. The summed E-state index contributed by atoms with van der Waals surface area (Å²) < 4.78 is 11.3. The van der Waals surface area contributed by atoms with Crippen LogP contribution in [0.25, 0.3) is 11.5 Å². The summed E-state index contributed by atoms with van der Waals surface area (Å²) in [4.78, 5) is 4.25. The number of phenolic OH excluding ortho intramolecular Hbond substituents is 1. The molecule has 1 aromatic heterocycles. The van der Waals surface area contributed by atoms with Gasteiger partial charge in [-0.15, -0.1) is 0 Å². The topological polar surface area (TPSA) is 68.4 Å². The van der Waals surface area contributed by atoms with Gasteiger partial charge in [0.1, 0.15) is 5.75 Å². The number of rotatable bonds is 4. The lowest BCUT2D eigenvalue weighted by Crippen LogP contribution is -2.09. The van der Waals surface area contributed by atoms with Gasteiger partial charge in [0.15, 0.2) is 5.82 Å². The Hall–Kier alpha value is -1.15. The first-order valence-electron chi connectivity index (χ1n) is 5.44. The van der Waals surface area contributed by atoms with Gasteiger partial charge in [-0.3, -0.25) is 0 Å². The van der Waals surface area contributed by atoms with Gasteiger partial charge in [-0.25, -0.2) is 0 Å². The Morgan fingerprint density at radius 3 is 3.00 bits per heavy atom. The first kappa shape index (κ1) is 13.3. The highest BCUT2D eigenvalue weighted by Crippen LogP contribution is 2.29. The predicted molar refractivity (Wildman–Crippen MR) is 74.3 cm³/mol. The first-order valence-corrected chi connectivity index (χ1v) is 6.52. The molecule has 1 atom stereocenters. The van der Waals surface area contributed by atoms with E-state index in [9.17, 15) is 5.11 Å². The minimum absolute atomic E-state index is 0.0277. The quantitative estimate of drug-likeness (QED) is 0.849. The zero-order valence-electron chi connectivity index (χ0n) is 10.1. The molecule has 0 fully saturated rings. The number of ether oxygens (including phenoxy) is 1. The van der Waals surface area contributed by atoms with Gasteiger partial charge in [0.25, 0.3) is 5.89 Å². The fraction of sp³-hybridized carbons (Fsp3) is 0.333. The molecule has 1 unspecified atom stereocenters. The second-order valence-corrected chi connectivity index (χ2v) is 5.17. The molecule has 0 aliphatic heterocycles. The Morgan fingerprint density at radius 1 is 1.50 bits per heavy atom. The first-order chi connectivity index (χ1) is 8.60. The summed E-state index contributed by atoms with van der Waals surface area (Å²) in [6.45, 7) is 1.93. The van der Waals surface area contributed by atoms with Crippen molar-refractivity contribution in [3.8, 4) is 17.2 Å². The van der Waals surface area contributed by atoms with E-state index >= 15 is 0 Å². The number of phenols is 1. The van der Waals surface area contributed by atoms with Crippen LogP contribution >= 0.6 is 22.6 Å². The van der Waals surface area contributed by atoms with Crippen LogP contribution in [0, 0.1) is 3.57 Å². The monoisotopic (exact) mass is 360 g/mol. The average Bonchev–Trinajstić information content (AvgIpc) is 2.80. The van der Waals surface area contributed by atoms with Crippen LogP contribution in [0.5, 0.6) is 5.75 Å². The third-order valence-electron chi connectivity index (χ3n) is 2.53. The standard InChI is InChI=1S/C12H13IN2O3/c1-7(17-2)5-11-14-12(18-15-11)9-6-8(13)3-4-10(9)16/h3-4,6-7,16H,5H2,1-2H3. The normalized spacial score (nSPS) is 12.6. The van der Waals surface area contributed by atoms with Gasteiger partial charge in [-0.2, -0.15) is 4.98 Å². The molecule has 0 bridgehead atoms. The van der Waals surface area contributed by atoms with Crippen molar-refractivity contribution in [2.24, 2.45) is 0 Å². The third-order valence-corrected chi connectivity index (χ3v) is 3.20. The number of nitrogens with zero attached hydrogens (tertiary/aromatic N) is 2. The molecular formula is C12H13IN2O3. The van der Waals surface area contributed by atoms with Gasteiger partial charge < -0.3 is 14.4 Å². The maximum absolute atomic E-state index is 9.77. The number of hydrogen-bond donors (Lipinski definition) is 1. The lowest BCUT2D eigenvalue weighted by molar-refractivity contribution is 0.116. The SMILES string of the molecule is COC(C)Cc1noc(-c2cc(I)ccc2O)n1. The number of benzene rings is 1. The van der Waals surface area contributed by atoms with Crippen LogP contribution in [-0.4, -0.2) is 28.5 Å². The van der Waals surface area contributed by atoms with Crippen LogP contribution in [-0.2, 0) is 11.2 Å². The van der Waals surface area contributed by atoms with E-state index in [0.717, 1.165) is 3.57 Å². The minimum atomic E-state index is 0.0277. The van der Waals surface area contributed by atoms with E-state index in [4.69, 9.17) is 9.26 Å². The fourth-order valence-electron chi connectivity index (χ4n) is 1.47. The summed E-state index contributed by atoms with van der Waals surface area (Å²) in [6.07, 6.45) is 0.602. The Morgan fingerprint density at radius 2 is 2.28 bits per heavy atom. The van der Waals surface area contributed by atoms with Crippen LogP contribution in [0.3, 0.4) is 0 Å². The fourth-order valence-corrected chi connectivity index (χ4v) is 1.96. The van der Waals surface area contributed by atoms with Crippen molar-refractivity contribution < 1.29 is 14.4 Å². The molecule has 0 amide bonds. The Kier molecular flexibility index (Phi) is 4.18. The van der Waals surface area contributed by atoms with Crippen molar-refractivity contribution in [2.75, 3.05) is 7.11 Å². The van der Waals surface area contributed by atoms with Crippen molar-refractivity contribution in [1.82, 2.24) is 10.1 Å². The number of aromatic hydroxyl groups is 1. The third kappa shape index (κ3) is 2.99. The Labute approximate surface area is 118 Å². The number of halogens is 1. The van der Waals surface area contributed by atoms with Crippen molar-refractivity contribution in [3.63, 3.8) is 0 Å². The van der Waals surface area contributed by atoms with Gasteiger partial charge in [-0.1, -0.05) is 5.16 Å². The van der Waals surface area contributed by atoms with E-state index in [1.807, 2.05) is 13.0 Å². The van der Waals surface area contributed by atoms with Gasteiger partial charge in [-0.05, 0) is 47.7 Å². The maximum atomic E-state index is 9.77. The van der Waals surface area contributed by atoms with Crippen LogP contribution < -0.4 is 0 Å². The van der Waals surface area contributed by atoms with E-state index in [0.29, 0.717) is 23.7 Å². The molecule has 0 saturated carbocycles. The predicted octanol–water partition coefficient (Wildman–Crippen LogP) is 2.62. The second-order valence-electron chi connectivity index (χ2n) is 3.93. The van der Waals surface area contributed by atoms with E-state index in [1.165, 1.54) is 0 Å². The largest absolute Gasteiger partial charge is 0.507 e. The molecule has 96 valence electrons. The Bertz CT molecular complexity index is 542. The lowest BCUT2D eigenvalue weighted by Gasteiger charge is -2.04. The van der Waals surface area contributed by atoms with Crippen molar-refractivity contribution in [2.45, 2.75) is 19.4 Å². The number of methoxy groups -OCH3 is 1. The molecule has 0 aliphatic carbocycles. The van der Waals surface area contributed by atoms with Crippen molar-refractivity contribution in [1.29, 1.82) is 0 Å². The average molecular weight is 360 g/mol. The van der Waals surface area contributed by atoms with Crippen LogP contribution in [0.1, 0.15) is 12.7 Å². The summed E-state index contributed by atoms with van der Waals surface area (Å²) >= 11 is 2.16. The van der Waals surface area contributed by atoms with E-state index in [2.05, 4.69) is 32.7 Å². The highest BCUT2D eigenvalue weighted by Gasteiger charge is 2.14. The molecule has 5 nitrogen and oxygen atoms in total. The van der Waals surface area contributed by atoms with Crippen molar-refractivity contribution >= 4 is 22.6 Å². The molecule has 2 aromatic rings. The lowest BCUT2D eigenvalue weighted by atomic mass is 10.2. The van der Waals surface area contributed by atoms with E-state index < -0.39 is 0 Å². The molecule has 1 aromatic carbocycles. The van der Waals surface area contributed by atoms with Crippen LogP contribution in [0.4, 0.5) is 0 Å². The van der Waals surface area contributed by atoms with Gasteiger partial charge in [0.05, 0.1) is 11.7 Å². The van der Waals surface area contributed by atoms with Crippen molar-refractivity contribution in [3.05, 3.63) is 27.6 Å². The highest BCUT2D eigenvalue weighted by atomic mass is 127. The molecule has 0 aliphatic rings. The summed E-state index contributed by atoms with van der Waals surface area (Å²) in [5, 5.41) is 13.6. The van der Waals surface area contributed by atoms with Gasteiger partial charge >= 0.3 is 0 Å². The van der Waals surface area contributed by atoms with Crippen LogP contribution in [0.2, 0.25) is 0 Å². The van der Waals surface area contributed by atoms with Gasteiger partial charge in [0.2, 0.25) is 0 Å². The molecule has 18 heavy (non-hydrogen) atoms. The number of hydrogen-bond acceptors (Lipinski definition) is 5. The molecule has 0 saturated heterocycles. The number of aromatic nitrogens is 2. The summed E-state index contributed by atoms with van der Waals surface area (Å²) in [5.41, 5.74) is 0.547. The molecular weight excluding hydrogens is 347 g/mol. The molecule has 2 rings (SSSR count). The molecule has 1 heterocycles. The zero-order valence-corrected chi connectivity index (χ0v) is 12.2. The summed E-state index contributed by atoms with van der Waals surface area (Å²) in [6, 6.07) is 5.22. The van der Waals surface area contributed by atoms with Crippen LogP contribution in [0.15, 0.2) is 22.7 Å². The molecule has 0 spiro atoms. The minimum Gasteiger partial charge on any atom is -0.507 e. The molecule has 0 radical (unpaired) electrons. The molecule has 6 heteroatoms. The Balaban J connectivity index is 2.26. The van der Waals surface area contributed by atoms with Gasteiger partial charge in [0, 0.05) is 17.1 Å². The highest BCUT2D eigenvalue weighted by molar-refractivity contribution is 14.1. The summed E-state index contributed by atoms with van der Waals surface area (Å²) in [5.74, 6) is 1.02. The van der Waals surface area contributed by atoms with E-state index in [-0.39, 0.29) is 11.9 Å². The smallest absolute Gasteiger partial charge is 0.261 e. The zero-order chi connectivity index (χ0) is 13.1.